The van der Waals surface area contributed by atoms with Crippen LogP contribution in [0.2, 0.25) is 0 Å². The average molecular weight is 593 g/mol. The standard InChI is InChI=1S/C44H34.C2H6/c1-44(2)42-21-19-32(34-17-15-30-13-11-28-7-3-5-9-38(28)40(30)26-34)23-36(42)25-37-24-33(20-22-43(37)44)35-18-16-31-14-12-29-8-4-6-10-39(29)41(31)27-35;1-2/h3-15,17,19-24,26-27H,16,18,25H2,1-2H3;1-2H3. The van der Waals surface area contributed by atoms with Gasteiger partial charge in [0.2, 0.25) is 0 Å². The van der Waals surface area contributed by atoms with Crippen LogP contribution in [0.25, 0.3) is 55.1 Å². The molecule has 46 heavy (non-hydrogen) atoms. The summed E-state index contributed by atoms with van der Waals surface area (Å²) >= 11 is 0. The van der Waals surface area contributed by atoms with Crippen LogP contribution in [-0.2, 0) is 18.3 Å². The zero-order valence-electron chi connectivity index (χ0n) is 27.3. The summed E-state index contributed by atoms with van der Waals surface area (Å²) in [5.41, 5.74) is 14.1. The van der Waals surface area contributed by atoms with Crippen molar-refractivity contribution in [2.24, 2.45) is 0 Å². The molecule has 0 heteroatoms. The Bertz CT molecular complexity index is 2330. The van der Waals surface area contributed by atoms with Gasteiger partial charge in [0.25, 0.3) is 0 Å². The first kappa shape index (κ1) is 28.5. The van der Waals surface area contributed by atoms with E-state index in [0.29, 0.717) is 0 Å². The summed E-state index contributed by atoms with van der Waals surface area (Å²) in [5, 5.41) is 7.92. The molecule has 0 radical (unpaired) electrons. The molecule has 0 heterocycles. The molecule has 0 fully saturated rings. The Kier molecular flexibility index (Phi) is 6.91. The summed E-state index contributed by atoms with van der Waals surface area (Å²) in [6.07, 6.45) is 5.62. The maximum absolute atomic E-state index is 2.50. The lowest BCUT2D eigenvalue weighted by atomic mass is 9.68. The number of hydrogen-bond donors (Lipinski definition) is 0. The minimum Gasteiger partial charge on any atom is -0.0683 e. The highest BCUT2D eigenvalue weighted by Gasteiger charge is 2.33. The van der Waals surface area contributed by atoms with Crippen LogP contribution in [0.15, 0.2) is 127 Å². The van der Waals surface area contributed by atoms with E-state index in [-0.39, 0.29) is 5.41 Å². The van der Waals surface area contributed by atoms with Gasteiger partial charge in [0.1, 0.15) is 0 Å². The van der Waals surface area contributed by atoms with Crippen molar-refractivity contribution in [2.45, 2.75) is 52.4 Å². The fourth-order valence-corrected chi connectivity index (χ4v) is 8.08. The topological polar surface area (TPSA) is 0 Å². The van der Waals surface area contributed by atoms with Crippen LogP contribution in [0.1, 0.15) is 73.1 Å². The monoisotopic (exact) mass is 592 g/mol. The van der Waals surface area contributed by atoms with E-state index in [2.05, 4.69) is 147 Å². The minimum absolute atomic E-state index is 0.0384. The van der Waals surface area contributed by atoms with Crippen LogP contribution in [0, 0.1) is 0 Å². The van der Waals surface area contributed by atoms with E-state index < -0.39 is 0 Å². The average Bonchev–Trinajstić information content (AvgIpc) is 3.11. The predicted octanol–water partition coefficient (Wildman–Crippen LogP) is 12.6. The molecular formula is C46H40. The summed E-state index contributed by atoms with van der Waals surface area (Å²) in [6, 6.07) is 48.0. The Labute approximate surface area is 273 Å². The normalized spacial score (nSPS) is 14.6. The van der Waals surface area contributed by atoms with Crippen LogP contribution in [0.5, 0.6) is 0 Å². The van der Waals surface area contributed by atoms with Gasteiger partial charge in [-0.15, -0.1) is 0 Å². The summed E-state index contributed by atoms with van der Waals surface area (Å²) in [7, 11) is 0. The van der Waals surface area contributed by atoms with Crippen LogP contribution >= 0.6 is 0 Å². The van der Waals surface area contributed by atoms with E-state index >= 15 is 0 Å². The van der Waals surface area contributed by atoms with Crippen molar-refractivity contribution in [1.29, 1.82) is 0 Å². The molecule has 7 aromatic rings. The number of fused-ring (bicyclic) bond motifs is 8. The molecule has 0 atom stereocenters. The molecule has 2 aliphatic carbocycles. The van der Waals surface area contributed by atoms with Gasteiger partial charge in [0, 0.05) is 5.41 Å². The van der Waals surface area contributed by atoms with E-state index in [1.807, 2.05) is 13.8 Å². The van der Waals surface area contributed by atoms with Crippen molar-refractivity contribution in [3.8, 4) is 11.1 Å². The van der Waals surface area contributed by atoms with Crippen molar-refractivity contribution >= 4 is 44.0 Å². The Morgan fingerprint density at radius 3 is 1.76 bits per heavy atom. The van der Waals surface area contributed by atoms with E-state index in [0.717, 1.165) is 19.3 Å². The van der Waals surface area contributed by atoms with Gasteiger partial charge in [-0.25, -0.2) is 0 Å². The fraction of sp³-hybridized carbons (Fsp3) is 0.174. The Morgan fingerprint density at radius 1 is 0.457 bits per heavy atom. The first-order valence-corrected chi connectivity index (χ1v) is 16.9. The predicted molar refractivity (Wildman–Crippen MR) is 200 cm³/mol. The summed E-state index contributed by atoms with van der Waals surface area (Å²) in [4.78, 5) is 0. The van der Waals surface area contributed by atoms with E-state index in [1.54, 1.807) is 0 Å². The number of allylic oxidation sites excluding steroid dienone is 1. The van der Waals surface area contributed by atoms with Gasteiger partial charge in [-0.3, -0.25) is 0 Å². The van der Waals surface area contributed by atoms with Crippen LogP contribution < -0.4 is 0 Å². The highest BCUT2D eigenvalue weighted by molar-refractivity contribution is 6.08. The molecule has 0 aromatic heterocycles. The van der Waals surface area contributed by atoms with E-state index in [4.69, 9.17) is 0 Å². The lowest BCUT2D eigenvalue weighted by molar-refractivity contribution is 0.610. The number of benzene rings is 7. The SMILES string of the molecule is CC.CC1(C)c2ccc(C3=Cc4c(ccc5ccccc45)CC3)cc2Cc2cc(-c3ccc4ccc5ccccc5c4c3)ccc21. The Morgan fingerprint density at radius 2 is 1.00 bits per heavy atom. The molecule has 7 aromatic carbocycles. The quantitative estimate of drug-likeness (QED) is 0.175. The lowest BCUT2D eigenvalue weighted by Crippen LogP contribution is -2.27. The minimum atomic E-state index is -0.0384. The van der Waals surface area contributed by atoms with Crippen LogP contribution in [0.3, 0.4) is 0 Å². The molecule has 0 N–H and O–H groups in total. The smallest absolute Gasteiger partial charge is 0.0152 e. The van der Waals surface area contributed by atoms with Gasteiger partial charge in [-0.2, -0.15) is 0 Å². The second-order valence-electron chi connectivity index (χ2n) is 13.3. The summed E-state index contributed by atoms with van der Waals surface area (Å²) in [6.45, 7) is 8.79. The molecule has 0 amide bonds. The molecule has 0 bridgehead atoms. The maximum atomic E-state index is 2.50. The first-order valence-electron chi connectivity index (χ1n) is 16.9. The molecule has 0 aliphatic heterocycles. The Balaban J connectivity index is 0.00000153. The van der Waals surface area contributed by atoms with Crippen molar-refractivity contribution in [3.63, 3.8) is 0 Å². The zero-order valence-corrected chi connectivity index (χ0v) is 27.3. The highest BCUT2D eigenvalue weighted by Crippen LogP contribution is 2.44. The van der Waals surface area contributed by atoms with Crippen LogP contribution in [0.4, 0.5) is 0 Å². The molecular weight excluding hydrogens is 553 g/mol. The highest BCUT2D eigenvalue weighted by atomic mass is 14.4. The fourth-order valence-electron chi connectivity index (χ4n) is 8.08. The molecule has 224 valence electrons. The molecule has 0 nitrogen and oxygen atoms in total. The molecule has 2 aliphatic rings. The largest absolute Gasteiger partial charge is 0.0683 e. The molecule has 0 spiro atoms. The molecule has 0 unspecified atom stereocenters. The van der Waals surface area contributed by atoms with E-state index in [1.165, 1.54) is 88.0 Å². The van der Waals surface area contributed by atoms with E-state index in [9.17, 15) is 0 Å². The third-order valence-electron chi connectivity index (χ3n) is 10.4. The maximum Gasteiger partial charge on any atom is 0.0152 e. The third-order valence-corrected chi connectivity index (χ3v) is 10.4. The molecule has 9 rings (SSSR count). The van der Waals surface area contributed by atoms with Gasteiger partial charge in [-0.1, -0.05) is 155 Å². The summed E-state index contributed by atoms with van der Waals surface area (Å²) in [5.74, 6) is 0. The van der Waals surface area contributed by atoms with Gasteiger partial charge in [-0.05, 0) is 113 Å². The number of hydrogen-bond acceptors (Lipinski definition) is 0. The van der Waals surface area contributed by atoms with Crippen LogP contribution in [-0.4, -0.2) is 0 Å². The van der Waals surface area contributed by atoms with Crippen molar-refractivity contribution in [2.75, 3.05) is 0 Å². The molecule has 0 saturated carbocycles. The second-order valence-corrected chi connectivity index (χ2v) is 13.3. The van der Waals surface area contributed by atoms with Gasteiger partial charge >= 0.3 is 0 Å². The molecule has 0 saturated heterocycles. The Hall–Kier alpha value is -4.94. The number of aryl methyl sites for hydroxylation is 1. The van der Waals surface area contributed by atoms with Gasteiger partial charge in [0.15, 0.2) is 0 Å². The van der Waals surface area contributed by atoms with Crippen molar-refractivity contribution in [3.05, 3.63) is 166 Å². The second kappa shape index (κ2) is 11.1. The van der Waals surface area contributed by atoms with Crippen molar-refractivity contribution in [1.82, 2.24) is 0 Å². The van der Waals surface area contributed by atoms with Gasteiger partial charge in [0.05, 0.1) is 0 Å². The van der Waals surface area contributed by atoms with Crippen molar-refractivity contribution < 1.29 is 0 Å². The van der Waals surface area contributed by atoms with Gasteiger partial charge < -0.3 is 0 Å². The first-order chi connectivity index (χ1) is 22.5. The lowest BCUT2D eigenvalue weighted by Gasteiger charge is -2.36. The zero-order chi connectivity index (χ0) is 31.4. The summed E-state index contributed by atoms with van der Waals surface area (Å²) < 4.78 is 0. The third kappa shape index (κ3) is 4.59. The number of rotatable bonds is 2.